The Kier molecular flexibility index (Phi) is 5.81. The molecule has 7 nitrogen and oxygen atoms in total. The second-order valence-electron chi connectivity index (χ2n) is 8.32. The molecule has 2 heterocycles. The van der Waals surface area contributed by atoms with E-state index in [1.807, 2.05) is 52.0 Å². The molecule has 2 aromatic carbocycles. The van der Waals surface area contributed by atoms with E-state index >= 15 is 0 Å². The van der Waals surface area contributed by atoms with Crippen molar-refractivity contribution in [3.05, 3.63) is 63.1 Å². The lowest BCUT2D eigenvalue weighted by molar-refractivity contribution is 0.182. The van der Waals surface area contributed by atoms with E-state index in [1.54, 1.807) is 14.9 Å². The summed E-state index contributed by atoms with van der Waals surface area (Å²) in [5.41, 5.74) is 5.03. The molecular formula is C23H29N3O4S. The van der Waals surface area contributed by atoms with E-state index in [9.17, 15) is 13.2 Å². The average molecular weight is 444 g/mol. The molecule has 3 aromatic rings. The van der Waals surface area contributed by atoms with Crippen molar-refractivity contribution in [2.75, 3.05) is 32.7 Å². The number of nitrogens with zero attached hydrogens (tertiary/aromatic N) is 3. The first-order valence-corrected chi connectivity index (χ1v) is 12.0. The first-order chi connectivity index (χ1) is 14.7. The number of aromatic nitrogens is 1. The van der Waals surface area contributed by atoms with Gasteiger partial charge in [-0.15, -0.1) is 0 Å². The summed E-state index contributed by atoms with van der Waals surface area (Å²) in [6.07, 6.45) is 0. The summed E-state index contributed by atoms with van der Waals surface area (Å²) in [5, 5.41) is 0. The highest BCUT2D eigenvalue weighted by Crippen LogP contribution is 2.29. The monoisotopic (exact) mass is 443 g/mol. The van der Waals surface area contributed by atoms with Gasteiger partial charge in [0.2, 0.25) is 10.0 Å². The molecule has 0 N–H and O–H groups in total. The second-order valence-corrected chi connectivity index (χ2v) is 10.2. The number of piperazine rings is 1. The van der Waals surface area contributed by atoms with Crippen molar-refractivity contribution < 1.29 is 12.8 Å². The third-order valence-corrected chi connectivity index (χ3v) is 8.61. The van der Waals surface area contributed by atoms with Gasteiger partial charge in [-0.1, -0.05) is 18.2 Å². The van der Waals surface area contributed by atoms with Crippen molar-refractivity contribution in [1.82, 2.24) is 13.8 Å². The van der Waals surface area contributed by atoms with Crippen LogP contribution in [0.1, 0.15) is 22.3 Å². The van der Waals surface area contributed by atoms with Crippen LogP contribution in [0.5, 0.6) is 0 Å². The molecule has 31 heavy (non-hydrogen) atoms. The lowest BCUT2D eigenvalue weighted by atomic mass is 10.0. The van der Waals surface area contributed by atoms with Crippen molar-refractivity contribution in [1.29, 1.82) is 0 Å². The van der Waals surface area contributed by atoms with Crippen molar-refractivity contribution >= 4 is 21.1 Å². The standard InChI is InChI=1S/C23H29N3O4S/c1-16-15-17(2)19(4)22(18(16)3)31(28,29)25-12-9-24(10-13-25)11-14-26-20-7-5-6-8-21(20)30-23(26)27/h5-8,15H,9-14H2,1-4H3. The molecule has 1 saturated heterocycles. The van der Waals surface area contributed by atoms with Crippen LogP contribution >= 0.6 is 0 Å². The lowest BCUT2D eigenvalue weighted by Gasteiger charge is -2.34. The molecule has 0 radical (unpaired) electrons. The largest absolute Gasteiger partial charge is 0.419 e. The van der Waals surface area contributed by atoms with E-state index in [2.05, 4.69) is 4.90 Å². The summed E-state index contributed by atoms with van der Waals surface area (Å²) in [5.74, 6) is -0.358. The number of oxazole rings is 1. The maximum Gasteiger partial charge on any atom is 0.419 e. The summed E-state index contributed by atoms with van der Waals surface area (Å²) in [6.45, 7) is 11.0. The van der Waals surface area contributed by atoms with Crippen LogP contribution in [0.3, 0.4) is 0 Å². The van der Waals surface area contributed by atoms with E-state index in [1.165, 1.54) is 0 Å². The molecule has 0 bridgehead atoms. The fraction of sp³-hybridized carbons (Fsp3) is 0.435. The van der Waals surface area contributed by atoms with Gasteiger partial charge >= 0.3 is 5.76 Å². The van der Waals surface area contributed by atoms with Crippen LogP contribution in [0.15, 0.2) is 44.4 Å². The topological polar surface area (TPSA) is 75.8 Å². The average Bonchev–Trinajstić information content (AvgIpc) is 3.06. The number of aryl methyl sites for hydroxylation is 2. The van der Waals surface area contributed by atoms with E-state index in [4.69, 9.17) is 4.42 Å². The molecule has 0 spiro atoms. The first kappa shape index (κ1) is 21.8. The van der Waals surface area contributed by atoms with Crippen LogP contribution in [-0.2, 0) is 16.6 Å². The minimum absolute atomic E-state index is 0.358. The van der Waals surface area contributed by atoms with Crippen LogP contribution < -0.4 is 5.76 Å². The molecule has 0 saturated carbocycles. The van der Waals surface area contributed by atoms with Gasteiger partial charge in [-0.25, -0.2) is 13.2 Å². The molecular weight excluding hydrogens is 414 g/mol. The van der Waals surface area contributed by atoms with Crippen LogP contribution in [0.4, 0.5) is 0 Å². The quantitative estimate of drug-likeness (QED) is 0.606. The fourth-order valence-electron chi connectivity index (χ4n) is 4.36. The molecule has 1 fully saturated rings. The molecule has 1 aromatic heterocycles. The second kappa shape index (κ2) is 8.26. The van der Waals surface area contributed by atoms with Gasteiger partial charge in [0.25, 0.3) is 0 Å². The SMILES string of the molecule is Cc1cc(C)c(C)c(S(=O)(=O)N2CCN(CCn3c(=O)oc4ccccc43)CC2)c1C. The van der Waals surface area contributed by atoms with Gasteiger partial charge in [0.1, 0.15) is 0 Å². The van der Waals surface area contributed by atoms with E-state index in [0.717, 1.165) is 27.8 Å². The zero-order chi connectivity index (χ0) is 22.3. The van der Waals surface area contributed by atoms with E-state index in [-0.39, 0.29) is 5.76 Å². The summed E-state index contributed by atoms with van der Waals surface area (Å²) < 4.78 is 35.4. The number of benzene rings is 2. The van der Waals surface area contributed by atoms with Gasteiger partial charge in [0.15, 0.2) is 5.58 Å². The van der Waals surface area contributed by atoms with Crippen molar-refractivity contribution in [2.24, 2.45) is 0 Å². The maximum atomic E-state index is 13.4. The van der Waals surface area contributed by atoms with Crippen LogP contribution in [-0.4, -0.2) is 54.9 Å². The molecule has 1 aliphatic rings. The highest BCUT2D eigenvalue weighted by Gasteiger charge is 2.31. The predicted octanol–water partition coefficient (Wildman–Crippen LogP) is 2.83. The van der Waals surface area contributed by atoms with Gasteiger partial charge < -0.3 is 4.42 Å². The van der Waals surface area contributed by atoms with Crippen LogP contribution in [0.2, 0.25) is 0 Å². The Hall–Kier alpha value is -2.42. The van der Waals surface area contributed by atoms with E-state index in [0.29, 0.717) is 49.7 Å². The number of hydrogen-bond donors (Lipinski definition) is 0. The Morgan fingerprint density at radius 2 is 1.52 bits per heavy atom. The molecule has 4 rings (SSSR count). The van der Waals surface area contributed by atoms with Crippen molar-refractivity contribution in [2.45, 2.75) is 39.1 Å². The number of sulfonamides is 1. The maximum absolute atomic E-state index is 13.4. The predicted molar refractivity (Wildman–Crippen MR) is 121 cm³/mol. The summed E-state index contributed by atoms with van der Waals surface area (Å²) in [6, 6.07) is 9.43. The third kappa shape index (κ3) is 3.95. The smallest absolute Gasteiger partial charge is 0.408 e. The Labute approximate surface area is 182 Å². The summed E-state index contributed by atoms with van der Waals surface area (Å²) in [4.78, 5) is 14.8. The highest BCUT2D eigenvalue weighted by molar-refractivity contribution is 7.89. The highest BCUT2D eigenvalue weighted by atomic mass is 32.2. The van der Waals surface area contributed by atoms with Crippen molar-refractivity contribution in [3.63, 3.8) is 0 Å². The number of para-hydroxylation sites is 2. The number of rotatable bonds is 5. The zero-order valence-corrected chi connectivity index (χ0v) is 19.3. The summed E-state index contributed by atoms with van der Waals surface area (Å²) >= 11 is 0. The molecule has 1 aliphatic heterocycles. The zero-order valence-electron chi connectivity index (χ0n) is 18.5. The van der Waals surface area contributed by atoms with Crippen molar-refractivity contribution in [3.8, 4) is 0 Å². The van der Waals surface area contributed by atoms with Gasteiger partial charge in [-0.2, -0.15) is 4.31 Å². The minimum atomic E-state index is -3.55. The van der Waals surface area contributed by atoms with Gasteiger partial charge in [-0.3, -0.25) is 9.47 Å². The molecule has 0 aliphatic carbocycles. The van der Waals surface area contributed by atoms with Crippen LogP contribution in [0, 0.1) is 27.7 Å². The van der Waals surface area contributed by atoms with Gasteiger partial charge in [-0.05, 0) is 62.1 Å². The fourth-order valence-corrected chi connectivity index (χ4v) is 6.36. The lowest BCUT2D eigenvalue weighted by Crippen LogP contribution is -2.49. The van der Waals surface area contributed by atoms with Gasteiger partial charge in [0, 0.05) is 39.3 Å². The van der Waals surface area contributed by atoms with Crippen LogP contribution in [0.25, 0.3) is 11.1 Å². The Morgan fingerprint density at radius 1 is 0.903 bits per heavy atom. The minimum Gasteiger partial charge on any atom is -0.408 e. The van der Waals surface area contributed by atoms with Gasteiger partial charge in [0.05, 0.1) is 10.4 Å². The normalized spacial score (nSPS) is 16.3. The first-order valence-electron chi connectivity index (χ1n) is 10.6. The molecule has 8 heteroatoms. The number of hydrogen-bond acceptors (Lipinski definition) is 5. The molecule has 0 atom stereocenters. The Balaban J connectivity index is 1.45. The Morgan fingerprint density at radius 3 is 2.16 bits per heavy atom. The number of fused-ring (bicyclic) bond motifs is 1. The molecule has 166 valence electrons. The van der Waals surface area contributed by atoms with E-state index < -0.39 is 10.0 Å². The molecule has 0 unspecified atom stereocenters. The Bertz CT molecular complexity index is 1260. The molecule has 0 amide bonds. The third-order valence-electron chi connectivity index (χ3n) is 6.44. The summed E-state index contributed by atoms with van der Waals surface area (Å²) in [7, 11) is -3.55.